The SMILES string of the molecule is Cc1cc(C)c(CC(N)C2CCC(C)C2)c(C)c1. The molecule has 0 heterocycles. The van der Waals surface area contributed by atoms with Gasteiger partial charge in [-0.1, -0.05) is 31.0 Å². The molecule has 1 nitrogen and oxygen atoms in total. The van der Waals surface area contributed by atoms with Crippen LogP contribution in [0.5, 0.6) is 0 Å². The zero-order chi connectivity index (χ0) is 13.3. The summed E-state index contributed by atoms with van der Waals surface area (Å²) < 4.78 is 0. The molecular formula is C17H27N. The van der Waals surface area contributed by atoms with Crippen LogP contribution in [0.4, 0.5) is 0 Å². The molecule has 0 spiro atoms. The predicted molar refractivity (Wildman–Crippen MR) is 78.8 cm³/mol. The minimum absolute atomic E-state index is 0.343. The number of rotatable bonds is 3. The van der Waals surface area contributed by atoms with Crippen molar-refractivity contribution in [1.29, 1.82) is 0 Å². The van der Waals surface area contributed by atoms with Crippen LogP contribution in [0.15, 0.2) is 12.1 Å². The Balaban J connectivity index is 2.09. The summed E-state index contributed by atoms with van der Waals surface area (Å²) in [7, 11) is 0. The molecule has 0 aromatic heterocycles. The lowest BCUT2D eigenvalue weighted by atomic mass is 9.88. The molecule has 1 heteroatoms. The summed E-state index contributed by atoms with van der Waals surface area (Å²) in [6.07, 6.45) is 5.07. The van der Waals surface area contributed by atoms with Crippen molar-refractivity contribution in [2.24, 2.45) is 17.6 Å². The molecule has 0 aliphatic heterocycles. The van der Waals surface area contributed by atoms with Crippen LogP contribution in [0.25, 0.3) is 0 Å². The van der Waals surface area contributed by atoms with Crippen LogP contribution in [0.3, 0.4) is 0 Å². The van der Waals surface area contributed by atoms with Gasteiger partial charge in [0.25, 0.3) is 0 Å². The first-order chi connectivity index (χ1) is 8.47. The molecular weight excluding hydrogens is 218 g/mol. The van der Waals surface area contributed by atoms with Gasteiger partial charge in [-0.2, -0.15) is 0 Å². The summed E-state index contributed by atoms with van der Waals surface area (Å²) in [5.41, 5.74) is 12.1. The third-order valence-electron chi connectivity index (χ3n) is 4.62. The summed E-state index contributed by atoms with van der Waals surface area (Å²) >= 11 is 0. The highest BCUT2D eigenvalue weighted by Crippen LogP contribution is 2.33. The van der Waals surface area contributed by atoms with Gasteiger partial charge in [-0.3, -0.25) is 0 Å². The average Bonchev–Trinajstić information content (AvgIpc) is 2.70. The molecule has 0 saturated heterocycles. The van der Waals surface area contributed by atoms with Gasteiger partial charge in [-0.25, -0.2) is 0 Å². The summed E-state index contributed by atoms with van der Waals surface area (Å²) in [5, 5.41) is 0. The van der Waals surface area contributed by atoms with E-state index in [1.54, 1.807) is 0 Å². The maximum atomic E-state index is 6.45. The first kappa shape index (κ1) is 13.6. The molecule has 100 valence electrons. The van der Waals surface area contributed by atoms with Gasteiger partial charge >= 0.3 is 0 Å². The van der Waals surface area contributed by atoms with Gasteiger partial charge in [0.15, 0.2) is 0 Å². The third kappa shape index (κ3) is 2.95. The molecule has 3 atom stereocenters. The number of nitrogens with two attached hydrogens (primary N) is 1. The number of benzene rings is 1. The number of hydrogen-bond acceptors (Lipinski definition) is 1. The predicted octanol–water partition coefficient (Wildman–Crippen LogP) is 3.92. The second-order valence-electron chi connectivity index (χ2n) is 6.42. The van der Waals surface area contributed by atoms with Crippen LogP contribution < -0.4 is 5.73 Å². The van der Waals surface area contributed by atoms with Crippen molar-refractivity contribution >= 4 is 0 Å². The number of aryl methyl sites for hydroxylation is 3. The van der Waals surface area contributed by atoms with Gasteiger partial charge in [0.2, 0.25) is 0 Å². The van der Waals surface area contributed by atoms with E-state index in [9.17, 15) is 0 Å². The Morgan fingerprint density at radius 3 is 2.28 bits per heavy atom. The molecule has 1 saturated carbocycles. The lowest BCUT2D eigenvalue weighted by molar-refractivity contribution is 0.414. The van der Waals surface area contributed by atoms with Gasteiger partial charge in [-0.15, -0.1) is 0 Å². The van der Waals surface area contributed by atoms with E-state index in [0.29, 0.717) is 6.04 Å². The third-order valence-corrected chi connectivity index (χ3v) is 4.62. The monoisotopic (exact) mass is 245 g/mol. The van der Waals surface area contributed by atoms with Gasteiger partial charge in [0.05, 0.1) is 0 Å². The van der Waals surface area contributed by atoms with Crippen LogP contribution in [0.1, 0.15) is 48.4 Å². The van der Waals surface area contributed by atoms with Crippen molar-refractivity contribution in [2.45, 2.75) is 59.4 Å². The van der Waals surface area contributed by atoms with Gasteiger partial charge in [0, 0.05) is 6.04 Å². The molecule has 1 aliphatic rings. The average molecular weight is 245 g/mol. The normalized spacial score (nSPS) is 25.4. The summed E-state index contributed by atoms with van der Waals surface area (Å²) in [6, 6.07) is 4.91. The van der Waals surface area contributed by atoms with Crippen molar-refractivity contribution < 1.29 is 0 Å². The summed E-state index contributed by atoms with van der Waals surface area (Å²) in [6.45, 7) is 8.97. The van der Waals surface area contributed by atoms with E-state index >= 15 is 0 Å². The van der Waals surface area contributed by atoms with Crippen LogP contribution in [0, 0.1) is 32.6 Å². The Hall–Kier alpha value is -0.820. The maximum Gasteiger partial charge on any atom is 0.0108 e. The molecule has 1 aliphatic carbocycles. The van der Waals surface area contributed by atoms with Crippen molar-refractivity contribution in [2.75, 3.05) is 0 Å². The quantitative estimate of drug-likeness (QED) is 0.858. The maximum absolute atomic E-state index is 6.45. The van der Waals surface area contributed by atoms with E-state index in [2.05, 4.69) is 39.8 Å². The molecule has 1 aromatic rings. The van der Waals surface area contributed by atoms with Crippen molar-refractivity contribution in [3.8, 4) is 0 Å². The topological polar surface area (TPSA) is 26.0 Å². The molecule has 0 amide bonds. The Bertz CT molecular complexity index is 399. The Labute approximate surface area is 112 Å². The first-order valence-corrected chi connectivity index (χ1v) is 7.29. The summed E-state index contributed by atoms with van der Waals surface area (Å²) in [5.74, 6) is 1.61. The van der Waals surface area contributed by atoms with E-state index in [-0.39, 0.29) is 0 Å². The van der Waals surface area contributed by atoms with Gasteiger partial charge < -0.3 is 5.73 Å². The van der Waals surface area contributed by atoms with E-state index in [0.717, 1.165) is 18.3 Å². The lowest BCUT2D eigenvalue weighted by Crippen LogP contribution is -2.31. The minimum Gasteiger partial charge on any atom is -0.327 e. The lowest BCUT2D eigenvalue weighted by Gasteiger charge is -2.21. The minimum atomic E-state index is 0.343. The Kier molecular flexibility index (Phi) is 4.11. The fraction of sp³-hybridized carbons (Fsp3) is 0.647. The van der Waals surface area contributed by atoms with Crippen LogP contribution in [-0.2, 0) is 6.42 Å². The molecule has 2 rings (SSSR count). The zero-order valence-corrected chi connectivity index (χ0v) is 12.3. The second-order valence-corrected chi connectivity index (χ2v) is 6.42. The highest BCUT2D eigenvalue weighted by Gasteiger charge is 2.27. The number of hydrogen-bond donors (Lipinski definition) is 1. The van der Waals surface area contributed by atoms with Gasteiger partial charge in [-0.05, 0) is 68.6 Å². The Morgan fingerprint density at radius 2 is 1.78 bits per heavy atom. The smallest absolute Gasteiger partial charge is 0.0108 e. The highest BCUT2D eigenvalue weighted by atomic mass is 14.7. The van der Waals surface area contributed by atoms with Crippen LogP contribution in [0.2, 0.25) is 0 Å². The summed E-state index contributed by atoms with van der Waals surface area (Å²) in [4.78, 5) is 0. The molecule has 1 fully saturated rings. The van der Waals surface area contributed by atoms with Crippen LogP contribution >= 0.6 is 0 Å². The van der Waals surface area contributed by atoms with Crippen molar-refractivity contribution in [3.63, 3.8) is 0 Å². The molecule has 3 unspecified atom stereocenters. The fourth-order valence-electron chi connectivity index (χ4n) is 3.57. The van der Waals surface area contributed by atoms with Crippen molar-refractivity contribution in [1.82, 2.24) is 0 Å². The largest absolute Gasteiger partial charge is 0.327 e. The molecule has 0 radical (unpaired) electrons. The fourth-order valence-corrected chi connectivity index (χ4v) is 3.57. The molecule has 2 N–H and O–H groups in total. The zero-order valence-electron chi connectivity index (χ0n) is 12.3. The molecule has 1 aromatic carbocycles. The second kappa shape index (κ2) is 5.44. The highest BCUT2D eigenvalue weighted by molar-refractivity contribution is 5.38. The standard InChI is InChI=1S/C17H27N/c1-11-5-6-15(9-11)17(18)10-16-13(3)7-12(2)8-14(16)4/h7-8,11,15,17H,5-6,9-10,18H2,1-4H3. The molecule has 0 bridgehead atoms. The van der Waals surface area contributed by atoms with Gasteiger partial charge in [0.1, 0.15) is 0 Å². The van der Waals surface area contributed by atoms with E-state index in [1.807, 2.05) is 0 Å². The molecule has 18 heavy (non-hydrogen) atoms. The van der Waals surface area contributed by atoms with Crippen LogP contribution in [-0.4, -0.2) is 6.04 Å². The first-order valence-electron chi connectivity index (χ1n) is 7.29. The Morgan fingerprint density at radius 1 is 1.17 bits per heavy atom. The van der Waals surface area contributed by atoms with E-state index in [4.69, 9.17) is 5.73 Å². The van der Waals surface area contributed by atoms with Crippen molar-refractivity contribution in [3.05, 3.63) is 34.4 Å². The van der Waals surface area contributed by atoms with E-state index in [1.165, 1.54) is 41.5 Å². The van der Waals surface area contributed by atoms with E-state index < -0.39 is 0 Å².